The maximum Gasteiger partial charge on any atom is 0.0729 e. The third-order valence-electron chi connectivity index (χ3n) is 2.76. The van der Waals surface area contributed by atoms with Crippen LogP contribution in [0.4, 0.5) is 5.69 Å². The molecule has 2 heterocycles. The van der Waals surface area contributed by atoms with E-state index >= 15 is 0 Å². The lowest BCUT2D eigenvalue weighted by atomic mass is 10.2. The smallest absolute Gasteiger partial charge is 0.0729 e. The van der Waals surface area contributed by atoms with Gasteiger partial charge in [-0.1, -0.05) is 0 Å². The number of hydrogen-bond donors (Lipinski definition) is 1. The molecule has 0 radical (unpaired) electrons. The molecule has 0 unspecified atom stereocenters. The average molecular weight is 249 g/mol. The molecule has 0 aliphatic rings. The molecule has 2 aromatic rings. The van der Waals surface area contributed by atoms with Crippen LogP contribution in [0.25, 0.3) is 0 Å². The molecule has 2 aromatic heterocycles. The first-order valence-corrected chi connectivity index (χ1v) is 5.93. The Bertz CT molecular complexity index is 502. The van der Waals surface area contributed by atoms with E-state index in [1.54, 1.807) is 7.11 Å². The monoisotopic (exact) mass is 249 g/mol. The number of ether oxygens (including phenoxy) is 1. The third-order valence-corrected chi connectivity index (χ3v) is 2.76. The molecule has 0 saturated heterocycles. The van der Waals surface area contributed by atoms with Crippen LogP contribution in [0.15, 0.2) is 18.6 Å². The largest absolute Gasteiger partial charge is 0.383 e. The standard InChI is InChI=1S/C12H19N5O/c1-10-11(8-16(2)15-10)6-13-12-7-14-17(9-12)4-5-18-3/h7-9,13H,4-6H2,1-3H3. The predicted octanol–water partition coefficient (Wildman–Crippen LogP) is 1.18. The minimum atomic E-state index is 0.669. The zero-order valence-electron chi connectivity index (χ0n) is 11.1. The topological polar surface area (TPSA) is 56.9 Å². The molecule has 0 aliphatic carbocycles. The molecule has 2 rings (SSSR count). The third kappa shape index (κ3) is 3.10. The van der Waals surface area contributed by atoms with Crippen molar-refractivity contribution < 1.29 is 4.74 Å². The summed E-state index contributed by atoms with van der Waals surface area (Å²) in [5.41, 5.74) is 3.26. The number of nitrogens with one attached hydrogen (secondary N) is 1. The first kappa shape index (κ1) is 12.6. The first-order chi connectivity index (χ1) is 8.69. The van der Waals surface area contributed by atoms with Crippen LogP contribution < -0.4 is 5.32 Å². The van der Waals surface area contributed by atoms with E-state index in [2.05, 4.69) is 15.5 Å². The fourth-order valence-corrected chi connectivity index (χ4v) is 1.78. The van der Waals surface area contributed by atoms with Gasteiger partial charge in [0.15, 0.2) is 0 Å². The number of methoxy groups -OCH3 is 1. The van der Waals surface area contributed by atoms with Crippen molar-refractivity contribution in [1.29, 1.82) is 0 Å². The highest BCUT2D eigenvalue weighted by molar-refractivity contribution is 5.39. The van der Waals surface area contributed by atoms with Gasteiger partial charge in [0.25, 0.3) is 0 Å². The van der Waals surface area contributed by atoms with Crippen molar-refractivity contribution in [3.8, 4) is 0 Å². The Hall–Kier alpha value is -1.82. The molecule has 1 N–H and O–H groups in total. The van der Waals surface area contributed by atoms with Gasteiger partial charge in [0, 0.05) is 38.7 Å². The van der Waals surface area contributed by atoms with Gasteiger partial charge in [-0.15, -0.1) is 0 Å². The van der Waals surface area contributed by atoms with Crippen LogP contribution in [-0.4, -0.2) is 33.3 Å². The number of aromatic nitrogens is 4. The highest BCUT2D eigenvalue weighted by Crippen LogP contribution is 2.10. The van der Waals surface area contributed by atoms with Gasteiger partial charge in [0.1, 0.15) is 0 Å². The molecule has 0 atom stereocenters. The van der Waals surface area contributed by atoms with Crippen LogP contribution in [0.5, 0.6) is 0 Å². The van der Waals surface area contributed by atoms with Gasteiger partial charge >= 0.3 is 0 Å². The fraction of sp³-hybridized carbons (Fsp3) is 0.500. The lowest BCUT2D eigenvalue weighted by Crippen LogP contribution is -2.04. The lowest BCUT2D eigenvalue weighted by Gasteiger charge is -2.02. The summed E-state index contributed by atoms with van der Waals surface area (Å²) in [6.45, 7) is 4.21. The molecule has 6 heteroatoms. The summed E-state index contributed by atoms with van der Waals surface area (Å²) in [5, 5.41) is 11.9. The molecular weight excluding hydrogens is 230 g/mol. The van der Waals surface area contributed by atoms with E-state index in [9.17, 15) is 0 Å². The fourth-order valence-electron chi connectivity index (χ4n) is 1.78. The maximum absolute atomic E-state index is 5.01. The number of rotatable bonds is 6. The highest BCUT2D eigenvalue weighted by Gasteiger charge is 2.03. The second-order valence-electron chi connectivity index (χ2n) is 4.25. The van der Waals surface area contributed by atoms with Crippen molar-refractivity contribution >= 4 is 5.69 Å². The molecule has 0 spiro atoms. The number of hydrogen-bond acceptors (Lipinski definition) is 4. The van der Waals surface area contributed by atoms with Crippen molar-refractivity contribution in [3.63, 3.8) is 0 Å². The molecule has 0 aromatic carbocycles. The second kappa shape index (κ2) is 5.68. The van der Waals surface area contributed by atoms with E-state index in [-0.39, 0.29) is 0 Å². The van der Waals surface area contributed by atoms with E-state index in [1.807, 2.05) is 41.9 Å². The van der Waals surface area contributed by atoms with E-state index in [1.165, 1.54) is 5.56 Å². The zero-order chi connectivity index (χ0) is 13.0. The summed E-state index contributed by atoms with van der Waals surface area (Å²) in [4.78, 5) is 0. The van der Waals surface area contributed by atoms with Gasteiger partial charge in [0.05, 0.1) is 30.7 Å². The minimum absolute atomic E-state index is 0.669. The number of nitrogens with zero attached hydrogens (tertiary/aromatic N) is 4. The predicted molar refractivity (Wildman–Crippen MR) is 69.4 cm³/mol. The van der Waals surface area contributed by atoms with Crippen LogP contribution in [0.1, 0.15) is 11.3 Å². The van der Waals surface area contributed by atoms with Crippen LogP contribution in [-0.2, 0) is 24.9 Å². The van der Waals surface area contributed by atoms with E-state index < -0.39 is 0 Å². The Morgan fingerprint density at radius 1 is 1.39 bits per heavy atom. The van der Waals surface area contributed by atoms with Gasteiger partial charge in [-0.2, -0.15) is 10.2 Å². The molecule has 0 aliphatic heterocycles. The maximum atomic E-state index is 5.01. The van der Waals surface area contributed by atoms with Gasteiger partial charge in [-0.3, -0.25) is 9.36 Å². The van der Waals surface area contributed by atoms with Gasteiger partial charge < -0.3 is 10.1 Å². The molecule has 6 nitrogen and oxygen atoms in total. The molecule has 0 saturated carbocycles. The lowest BCUT2D eigenvalue weighted by molar-refractivity contribution is 0.183. The molecule has 0 fully saturated rings. The van der Waals surface area contributed by atoms with Crippen LogP contribution in [0.2, 0.25) is 0 Å². The summed E-state index contributed by atoms with van der Waals surface area (Å²) in [6, 6.07) is 0. The Morgan fingerprint density at radius 3 is 2.89 bits per heavy atom. The SMILES string of the molecule is COCCn1cc(NCc2cn(C)nc2C)cn1. The Balaban J connectivity index is 1.90. The molecule has 0 bridgehead atoms. The summed E-state index contributed by atoms with van der Waals surface area (Å²) in [6.07, 6.45) is 5.82. The number of anilines is 1. The summed E-state index contributed by atoms with van der Waals surface area (Å²) in [7, 11) is 3.62. The van der Waals surface area contributed by atoms with Gasteiger partial charge in [-0.05, 0) is 6.92 Å². The van der Waals surface area contributed by atoms with E-state index in [4.69, 9.17) is 4.74 Å². The Morgan fingerprint density at radius 2 is 2.22 bits per heavy atom. The zero-order valence-corrected chi connectivity index (χ0v) is 11.1. The summed E-state index contributed by atoms with van der Waals surface area (Å²) in [5.74, 6) is 0. The number of aryl methyl sites for hydroxylation is 2. The second-order valence-corrected chi connectivity index (χ2v) is 4.25. The average Bonchev–Trinajstić information content (AvgIpc) is 2.91. The normalized spacial score (nSPS) is 10.8. The molecule has 18 heavy (non-hydrogen) atoms. The van der Waals surface area contributed by atoms with Crippen molar-refractivity contribution in [3.05, 3.63) is 29.8 Å². The van der Waals surface area contributed by atoms with Crippen molar-refractivity contribution in [2.75, 3.05) is 19.0 Å². The van der Waals surface area contributed by atoms with Crippen LogP contribution >= 0.6 is 0 Å². The van der Waals surface area contributed by atoms with Crippen molar-refractivity contribution in [1.82, 2.24) is 19.6 Å². The van der Waals surface area contributed by atoms with Crippen molar-refractivity contribution in [2.24, 2.45) is 7.05 Å². The summed E-state index contributed by atoms with van der Waals surface area (Å²) >= 11 is 0. The van der Waals surface area contributed by atoms with Crippen molar-refractivity contribution in [2.45, 2.75) is 20.0 Å². The molecular formula is C12H19N5O. The first-order valence-electron chi connectivity index (χ1n) is 5.93. The molecule has 98 valence electrons. The quantitative estimate of drug-likeness (QED) is 0.835. The van der Waals surface area contributed by atoms with Gasteiger partial charge in [-0.25, -0.2) is 0 Å². The van der Waals surface area contributed by atoms with Crippen LogP contribution in [0, 0.1) is 6.92 Å². The van der Waals surface area contributed by atoms with E-state index in [0.29, 0.717) is 6.61 Å². The van der Waals surface area contributed by atoms with Crippen LogP contribution in [0.3, 0.4) is 0 Å². The van der Waals surface area contributed by atoms with E-state index in [0.717, 1.165) is 24.5 Å². The highest BCUT2D eigenvalue weighted by atomic mass is 16.5. The Labute approximate surface area is 107 Å². The molecule has 0 amide bonds. The summed E-state index contributed by atoms with van der Waals surface area (Å²) < 4.78 is 8.70. The van der Waals surface area contributed by atoms with Gasteiger partial charge in [0.2, 0.25) is 0 Å². The minimum Gasteiger partial charge on any atom is -0.383 e. The Kier molecular flexibility index (Phi) is 3.99.